The molecule has 6 aromatic heterocycles. The number of ether oxygens (including phenoxy) is 2. The number of hydrogen-bond acceptors (Lipinski definition) is 13. The molecular formula is C66H75N5O3S6. The molecule has 0 N–H and O–H groups in total. The van der Waals surface area contributed by atoms with Crippen LogP contribution in [0.5, 0.6) is 11.5 Å². The summed E-state index contributed by atoms with van der Waals surface area (Å²) in [5, 5.41) is 30.3. The minimum absolute atomic E-state index is 0.0793. The average molecular weight is 1180 g/mol. The predicted octanol–water partition coefficient (Wildman–Crippen LogP) is 21.4. The van der Waals surface area contributed by atoms with Gasteiger partial charge in [-0.1, -0.05) is 130 Å². The van der Waals surface area contributed by atoms with Gasteiger partial charge >= 0.3 is 0 Å². The molecule has 1 aromatic carbocycles. The summed E-state index contributed by atoms with van der Waals surface area (Å²) in [6, 6.07) is 19.8. The lowest BCUT2D eigenvalue weighted by molar-refractivity contribution is -0.124. The molecule has 0 unspecified atom stereocenters. The first kappa shape index (κ1) is 58.0. The summed E-state index contributed by atoms with van der Waals surface area (Å²) in [6.07, 6.45) is 27.7. The monoisotopic (exact) mass is 1180 g/mol. The molecule has 10 rings (SSSR count). The summed E-state index contributed by atoms with van der Waals surface area (Å²) in [7, 11) is 4.20. The molecule has 0 saturated carbocycles. The van der Waals surface area contributed by atoms with Crippen molar-refractivity contribution in [2.45, 2.75) is 187 Å². The number of amides is 1. The molecule has 0 bridgehead atoms. The summed E-state index contributed by atoms with van der Waals surface area (Å²) in [5.74, 6) is 1.76. The second kappa shape index (κ2) is 25.5. The van der Waals surface area contributed by atoms with E-state index in [4.69, 9.17) is 9.47 Å². The maximum atomic E-state index is 14.0. The maximum Gasteiger partial charge on any atom is 0.259 e. The van der Waals surface area contributed by atoms with E-state index < -0.39 is 11.2 Å². The van der Waals surface area contributed by atoms with E-state index >= 15 is 0 Å². The Kier molecular flexibility index (Phi) is 18.5. The molecule has 0 saturated heterocycles. The fourth-order valence-corrected chi connectivity index (χ4v) is 20.6. The molecule has 0 radical (unpaired) electrons. The quantitative estimate of drug-likeness (QED) is 0.0372. The molecule has 9 heterocycles. The molecule has 0 atom stereocenters. The smallest absolute Gasteiger partial charge is 0.259 e. The van der Waals surface area contributed by atoms with Crippen molar-refractivity contribution in [1.29, 1.82) is 15.8 Å². The van der Waals surface area contributed by atoms with Gasteiger partial charge < -0.3 is 19.3 Å². The van der Waals surface area contributed by atoms with Gasteiger partial charge in [-0.3, -0.25) is 4.79 Å². The second-order valence-corrected chi connectivity index (χ2v) is 28.6. The van der Waals surface area contributed by atoms with E-state index in [0.29, 0.717) is 13.0 Å². The minimum Gasteiger partial charge on any atom is -0.479 e. The lowest BCUT2D eigenvalue weighted by Gasteiger charge is -2.39. The van der Waals surface area contributed by atoms with E-state index in [1.807, 2.05) is 81.8 Å². The topological polar surface area (TPSA) is 113 Å². The van der Waals surface area contributed by atoms with Gasteiger partial charge in [0.15, 0.2) is 17.1 Å². The van der Waals surface area contributed by atoms with Gasteiger partial charge in [0.05, 0.1) is 55.2 Å². The number of fused-ring (bicyclic) bond motifs is 13. The third-order valence-electron chi connectivity index (χ3n) is 16.5. The van der Waals surface area contributed by atoms with Crippen molar-refractivity contribution in [3.8, 4) is 59.7 Å². The molecule has 0 spiro atoms. The van der Waals surface area contributed by atoms with Crippen molar-refractivity contribution in [3.05, 3.63) is 80.9 Å². The number of anilines is 1. The largest absolute Gasteiger partial charge is 0.479 e. The highest BCUT2D eigenvalue weighted by Crippen LogP contribution is 2.68. The van der Waals surface area contributed by atoms with Crippen LogP contribution in [0.2, 0.25) is 0 Å². The Balaban J connectivity index is 1.12. The fraction of sp³-hybridized carbons (Fsp3) is 0.485. The fourth-order valence-electron chi connectivity index (χ4n) is 12.2. The van der Waals surface area contributed by atoms with Gasteiger partial charge in [-0.2, -0.15) is 15.8 Å². The van der Waals surface area contributed by atoms with E-state index in [9.17, 15) is 20.6 Å². The van der Waals surface area contributed by atoms with E-state index in [-0.39, 0.29) is 28.3 Å². The Hall–Kier alpha value is -5.24. The van der Waals surface area contributed by atoms with Crippen LogP contribution in [0.3, 0.4) is 0 Å². The molecule has 3 aliphatic heterocycles. The number of carbonyl (C=O) groups excluding carboxylic acids is 1. The third kappa shape index (κ3) is 10.9. The van der Waals surface area contributed by atoms with Gasteiger partial charge in [-0.25, -0.2) is 0 Å². The van der Waals surface area contributed by atoms with Crippen molar-refractivity contribution < 1.29 is 14.3 Å². The minimum atomic E-state index is -0.532. The number of hydrogen-bond donors (Lipinski definition) is 0. The molecule has 14 heteroatoms. The predicted molar refractivity (Wildman–Crippen MR) is 343 cm³/mol. The third-order valence-corrected chi connectivity index (χ3v) is 24.1. The summed E-state index contributed by atoms with van der Waals surface area (Å²) in [6.45, 7) is 11.5. The van der Waals surface area contributed by atoms with Crippen LogP contribution in [-0.2, 0) is 16.0 Å². The molecule has 0 aliphatic carbocycles. The first-order valence-electron chi connectivity index (χ1n) is 29.6. The van der Waals surface area contributed by atoms with Gasteiger partial charge in [-0.15, -0.1) is 68.0 Å². The SMILES string of the molecule is CCCCCCC1(CCCCCC)Oc2c(sc3c4c(sc23)-c2sc3cc(-c5ccc(N(C)C)cc5)sc3c2C(CCCCCC)(CCCCCC)O4)-c2sc3cc(/C=C/C4=C(C#N)C(=C(C#N)C#N)N(CCCC)C4=O)sc3c21. The van der Waals surface area contributed by atoms with Crippen molar-refractivity contribution in [2.24, 2.45) is 0 Å². The molecule has 7 aromatic rings. The van der Waals surface area contributed by atoms with E-state index in [0.717, 1.165) is 99.8 Å². The number of unbranched alkanes of at least 4 members (excludes halogenated alkanes) is 13. The zero-order chi connectivity index (χ0) is 56.1. The highest BCUT2D eigenvalue weighted by Gasteiger charge is 2.49. The lowest BCUT2D eigenvalue weighted by atomic mass is 9.81. The van der Waals surface area contributed by atoms with Gasteiger partial charge in [0.2, 0.25) is 0 Å². The number of carbonyl (C=O) groups is 1. The summed E-state index contributed by atoms with van der Waals surface area (Å²) < 4.78 is 23.6. The summed E-state index contributed by atoms with van der Waals surface area (Å²) >= 11 is 11.3. The molecule has 3 aliphatic rings. The van der Waals surface area contributed by atoms with Crippen LogP contribution in [0.25, 0.3) is 64.2 Å². The van der Waals surface area contributed by atoms with Crippen LogP contribution in [0, 0.1) is 34.0 Å². The Bertz CT molecular complexity index is 3580. The van der Waals surface area contributed by atoms with Gasteiger partial charge in [0.1, 0.15) is 29.4 Å². The lowest BCUT2D eigenvalue weighted by Crippen LogP contribution is -2.35. The number of allylic oxidation sites excluding steroid dienone is 2. The normalized spacial score (nSPS) is 15.1. The van der Waals surface area contributed by atoms with Crippen LogP contribution >= 0.6 is 68.0 Å². The highest BCUT2D eigenvalue weighted by atomic mass is 32.1. The van der Waals surface area contributed by atoms with Gasteiger partial charge in [0, 0.05) is 56.6 Å². The van der Waals surface area contributed by atoms with Crippen LogP contribution in [0.1, 0.15) is 192 Å². The van der Waals surface area contributed by atoms with Gasteiger partial charge in [0.25, 0.3) is 5.91 Å². The van der Waals surface area contributed by atoms with Crippen molar-refractivity contribution in [1.82, 2.24) is 4.90 Å². The number of thiophene rings is 6. The Morgan fingerprint density at radius 2 is 1.06 bits per heavy atom. The van der Waals surface area contributed by atoms with Crippen LogP contribution in [0.15, 0.2) is 64.9 Å². The molecule has 1 amide bonds. The van der Waals surface area contributed by atoms with Gasteiger partial charge in [-0.05, 0) is 99.8 Å². The summed E-state index contributed by atoms with van der Waals surface area (Å²) in [4.78, 5) is 25.2. The first-order valence-corrected chi connectivity index (χ1v) is 34.5. The van der Waals surface area contributed by atoms with E-state index in [1.54, 1.807) is 17.4 Å². The molecule has 80 heavy (non-hydrogen) atoms. The number of benzene rings is 1. The van der Waals surface area contributed by atoms with Crippen molar-refractivity contribution in [2.75, 3.05) is 25.5 Å². The van der Waals surface area contributed by atoms with Crippen LogP contribution in [0.4, 0.5) is 5.69 Å². The standard InChI is InChI=1S/C66H75N5O3S6/c1-8-13-18-22-32-65(33-23-19-14-9-2)51-56-49(37-45(75-56)30-31-46-47(41-69)53(43(39-67)40-68)71(64(46)72)36-17-12-5)77-58(51)60-54(73-65)62-63(79-60)55-61(80-62)59-52(66(74-55,34-24-20-15-10-3)35-25-21-16-11-4)57-50(78-59)38-48(76-57)42-26-28-44(29-27-42)70(6)7/h26-31,37-38H,8-25,32-36H2,1-7H3/b31-30+. The van der Waals surface area contributed by atoms with Crippen LogP contribution < -0.4 is 14.4 Å². The zero-order valence-corrected chi connectivity index (χ0v) is 52.7. The Morgan fingerprint density at radius 3 is 1.52 bits per heavy atom. The molecule has 8 nitrogen and oxygen atoms in total. The average Bonchev–Trinajstić information content (AvgIpc) is 2.34. The molecular weight excluding hydrogens is 1100 g/mol. The van der Waals surface area contributed by atoms with Crippen LogP contribution in [-0.4, -0.2) is 31.4 Å². The summed E-state index contributed by atoms with van der Waals surface area (Å²) in [5.41, 5.74) is 4.46. The molecule has 418 valence electrons. The molecule has 0 fully saturated rings. The maximum absolute atomic E-state index is 14.0. The number of nitriles is 3. The number of rotatable bonds is 27. The highest BCUT2D eigenvalue weighted by molar-refractivity contribution is 7.37. The van der Waals surface area contributed by atoms with Crippen molar-refractivity contribution in [3.63, 3.8) is 0 Å². The van der Waals surface area contributed by atoms with Crippen molar-refractivity contribution >= 4 is 114 Å². The number of nitrogens with zero attached hydrogens (tertiary/aromatic N) is 5. The first-order chi connectivity index (χ1) is 39.0. The second-order valence-electron chi connectivity index (χ2n) is 22.3. The van der Waals surface area contributed by atoms with E-state index in [2.05, 4.69) is 89.2 Å². The van der Waals surface area contributed by atoms with E-state index in [1.165, 1.54) is 131 Å². The Morgan fingerprint density at radius 1 is 0.575 bits per heavy atom. The Labute approximate surface area is 498 Å². The zero-order valence-electron chi connectivity index (χ0n) is 47.8.